The number of nitrogens with zero attached hydrogens (tertiary/aromatic N) is 3. The van der Waals surface area contributed by atoms with E-state index in [1.807, 2.05) is 28.9 Å². The number of fused-ring (bicyclic) bond motifs is 1. The van der Waals surface area contributed by atoms with Crippen molar-refractivity contribution < 1.29 is 14.3 Å². The van der Waals surface area contributed by atoms with Crippen molar-refractivity contribution in [2.75, 3.05) is 13.7 Å². The summed E-state index contributed by atoms with van der Waals surface area (Å²) >= 11 is 0. The van der Waals surface area contributed by atoms with Gasteiger partial charge in [-0.2, -0.15) is 0 Å². The topological polar surface area (TPSA) is 78.3 Å². The number of ether oxygens (including phenoxy) is 2. The summed E-state index contributed by atoms with van der Waals surface area (Å²) in [5.74, 6) is 1.23. The van der Waals surface area contributed by atoms with Crippen LogP contribution in [0.15, 0.2) is 30.5 Å². The van der Waals surface area contributed by atoms with Gasteiger partial charge in [-0.3, -0.25) is 4.79 Å². The van der Waals surface area contributed by atoms with E-state index in [4.69, 9.17) is 9.47 Å². The summed E-state index contributed by atoms with van der Waals surface area (Å²) in [5.41, 5.74) is 2.06. The molecule has 1 amide bonds. The molecule has 1 aliphatic heterocycles. The molecule has 0 bridgehead atoms. The van der Waals surface area contributed by atoms with E-state index in [1.165, 1.54) is 0 Å². The van der Waals surface area contributed by atoms with Gasteiger partial charge >= 0.3 is 0 Å². The SMILES string of the molecule is COc1ccc(C[C@H]2CCn3nncc3COC[C@H](CC(C)C)NC2=O)cc1. The molecule has 1 aromatic carbocycles. The number of methoxy groups -OCH3 is 1. The lowest BCUT2D eigenvalue weighted by Gasteiger charge is -2.23. The normalized spacial score (nSPS) is 20.9. The molecule has 2 heterocycles. The first-order chi connectivity index (χ1) is 13.5. The van der Waals surface area contributed by atoms with Crippen LogP contribution in [0.1, 0.15) is 37.9 Å². The standard InChI is InChI=1S/C21H30N4O3/c1-15(2)10-18-13-28-14-19-12-22-24-25(19)9-8-17(21(26)23-18)11-16-4-6-20(27-3)7-5-16/h4-7,12,15,17-18H,8-11,13-14H2,1-3H3,(H,23,26)/t17-,18+/m1/s1. The van der Waals surface area contributed by atoms with Crippen LogP contribution in [0, 0.1) is 11.8 Å². The Bertz CT molecular complexity index is 757. The largest absolute Gasteiger partial charge is 0.497 e. The summed E-state index contributed by atoms with van der Waals surface area (Å²) in [6.07, 6.45) is 4.00. The number of aryl methyl sites for hydroxylation is 1. The zero-order chi connectivity index (χ0) is 19.9. The van der Waals surface area contributed by atoms with Gasteiger partial charge in [0, 0.05) is 12.5 Å². The van der Waals surface area contributed by atoms with Crippen molar-refractivity contribution in [2.24, 2.45) is 11.8 Å². The quantitative estimate of drug-likeness (QED) is 0.855. The second-order valence-corrected chi connectivity index (χ2v) is 7.84. The molecule has 3 rings (SSSR count). The highest BCUT2D eigenvalue weighted by molar-refractivity contribution is 5.79. The molecule has 1 aromatic heterocycles. The summed E-state index contributed by atoms with van der Waals surface area (Å²) in [6.45, 7) is 5.91. The fraction of sp³-hybridized carbons (Fsp3) is 0.571. The molecule has 0 fully saturated rings. The number of hydrogen-bond acceptors (Lipinski definition) is 5. The van der Waals surface area contributed by atoms with Crippen LogP contribution in [0.4, 0.5) is 0 Å². The third-order valence-electron chi connectivity index (χ3n) is 5.07. The average molecular weight is 386 g/mol. The highest BCUT2D eigenvalue weighted by atomic mass is 16.5. The molecule has 0 saturated heterocycles. The molecular formula is C21H30N4O3. The Kier molecular flexibility index (Phi) is 7.03. The second kappa shape index (κ2) is 9.68. The third kappa shape index (κ3) is 5.55. The van der Waals surface area contributed by atoms with E-state index in [0.717, 1.165) is 23.4 Å². The molecule has 0 unspecified atom stereocenters. The van der Waals surface area contributed by atoms with Gasteiger partial charge in [-0.05, 0) is 42.9 Å². The summed E-state index contributed by atoms with van der Waals surface area (Å²) in [6, 6.07) is 7.92. The molecule has 1 N–H and O–H groups in total. The van der Waals surface area contributed by atoms with Crippen molar-refractivity contribution in [2.45, 2.75) is 52.3 Å². The molecule has 1 aliphatic rings. The molecule has 0 saturated carbocycles. The van der Waals surface area contributed by atoms with Crippen molar-refractivity contribution in [1.82, 2.24) is 20.3 Å². The maximum absolute atomic E-state index is 13.1. The smallest absolute Gasteiger partial charge is 0.223 e. The van der Waals surface area contributed by atoms with Crippen LogP contribution >= 0.6 is 0 Å². The maximum Gasteiger partial charge on any atom is 0.223 e. The molecule has 0 radical (unpaired) electrons. The Balaban J connectivity index is 1.78. The number of rotatable bonds is 5. The molecular weight excluding hydrogens is 356 g/mol. The zero-order valence-electron chi connectivity index (χ0n) is 16.9. The van der Waals surface area contributed by atoms with Gasteiger partial charge in [0.1, 0.15) is 5.75 Å². The van der Waals surface area contributed by atoms with E-state index in [1.54, 1.807) is 13.3 Å². The number of hydrogen-bond donors (Lipinski definition) is 1. The fourth-order valence-corrected chi connectivity index (χ4v) is 3.59. The van der Waals surface area contributed by atoms with Gasteiger partial charge in [0.15, 0.2) is 0 Å². The molecule has 0 aliphatic carbocycles. The summed E-state index contributed by atoms with van der Waals surface area (Å²) in [5, 5.41) is 11.4. The third-order valence-corrected chi connectivity index (χ3v) is 5.07. The van der Waals surface area contributed by atoms with E-state index < -0.39 is 0 Å². The highest BCUT2D eigenvalue weighted by Gasteiger charge is 2.24. The van der Waals surface area contributed by atoms with Crippen molar-refractivity contribution in [3.8, 4) is 5.75 Å². The monoisotopic (exact) mass is 386 g/mol. The van der Waals surface area contributed by atoms with Crippen LogP contribution in [0.3, 0.4) is 0 Å². The number of aromatic nitrogens is 3. The van der Waals surface area contributed by atoms with Gasteiger partial charge in [0.05, 0.1) is 38.3 Å². The van der Waals surface area contributed by atoms with E-state index >= 15 is 0 Å². The number of carbonyl (C=O) groups is 1. The highest BCUT2D eigenvalue weighted by Crippen LogP contribution is 2.19. The molecule has 152 valence electrons. The number of nitrogens with one attached hydrogen (secondary N) is 1. The van der Waals surface area contributed by atoms with Crippen LogP contribution in [0.5, 0.6) is 5.75 Å². The minimum absolute atomic E-state index is 0.00768. The Morgan fingerprint density at radius 2 is 2.11 bits per heavy atom. The van der Waals surface area contributed by atoms with E-state index in [9.17, 15) is 4.79 Å². The van der Waals surface area contributed by atoms with Gasteiger partial charge in [-0.25, -0.2) is 4.68 Å². The Hall–Kier alpha value is -2.41. The number of carbonyl (C=O) groups excluding carboxylic acids is 1. The van der Waals surface area contributed by atoms with E-state index in [-0.39, 0.29) is 17.9 Å². The fourth-order valence-electron chi connectivity index (χ4n) is 3.59. The number of amides is 1. The van der Waals surface area contributed by atoms with Crippen LogP contribution in [-0.2, 0) is 29.1 Å². The van der Waals surface area contributed by atoms with Crippen molar-refractivity contribution in [1.29, 1.82) is 0 Å². The molecule has 0 spiro atoms. The number of benzene rings is 1. The van der Waals surface area contributed by atoms with Gasteiger partial charge in [0.2, 0.25) is 5.91 Å². The Morgan fingerprint density at radius 3 is 2.82 bits per heavy atom. The van der Waals surface area contributed by atoms with Crippen molar-refractivity contribution >= 4 is 5.91 Å². The van der Waals surface area contributed by atoms with Gasteiger partial charge in [-0.15, -0.1) is 5.10 Å². The lowest BCUT2D eigenvalue weighted by molar-refractivity contribution is -0.126. The lowest BCUT2D eigenvalue weighted by Crippen LogP contribution is -2.42. The second-order valence-electron chi connectivity index (χ2n) is 7.84. The summed E-state index contributed by atoms with van der Waals surface area (Å²) < 4.78 is 12.9. The molecule has 7 nitrogen and oxygen atoms in total. The van der Waals surface area contributed by atoms with Crippen molar-refractivity contribution in [3.63, 3.8) is 0 Å². The lowest BCUT2D eigenvalue weighted by atomic mass is 9.94. The minimum atomic E-state index is -0.141. The first-order valence-electron chi connectivity index (χ1n) is 9.93. The summed E-state index contributed by atoms with van der Waals surface area (Å²) in [7, 11) is 1.65. The van der Waals surface area contributed by atoms with Crippen LogP contribution in [0.25, 0.3) is 0 Å². The molecule has 7 heteroatoms. The maximum atomic E-state index is 13.1. The van der Waals surface area contributed by atoms with E-state index in [0.29, 0.717) is 38.5 Å². The Morgan fingerprint density at radius 1 is 1.32 bits per heavy atom. The van der Waals surface area contributed by atoms with Gasteiger partial charge in [0.25, 0.3) is 0 Å². The first-order valence-corrected chi connectivity index (χ1v) is 9.93. The predicted octanol–water partition coefficient (Wildman–Crippen LogP) is 2.60. The Labute approximate surface area is 166 Å². The minimum Gasteiger partial charge on any atom is -0.497 e. The van der Waals surface area contributed by atoms with Crippen LogP contribution in [-0.4, -0.2) is 40.7 Å². The van der Waals surface area contributed by atoms with Crippen molar-refractivity contribution in [3.05, 3.63) is 41.7 Å². The summed E-state index contributed by atoms with van der Waals surface area (Å²) in [4.78, 5) is 13.1. The average Bonchev–Trinajstić information content (AvgIpc) is 3.11. The van der Waals surface area contributed by atoms with Crippen LogP contribution < -0.4 is 10.1 Å². The molecule has 2 aromatic rings. The predicted molar refractivity (Wildman–Crippen MR) is 106 cm³/mol. The van der Waals surface area contributed by atoms with Crippen LogP contribution in [0.2, 0.25) is 0 Å². The van der Waals surface area contributed by atoms with Gasteiger partial charge in [-0.1, -0.05) is 31.2 Å². The van der Waals surface area contributed by atoms with E-state index in [2.05, 4.69) is 29.5 Å². The van der Waals surface area contributed by atoms with Gasteiger partial charge < -0.3 is 14.8 Å². The zero-order valence-corrected chi connectivity index (χ0v) is 16.9. The first kappa shape index (κ1) is 20.3. The molecule has 2 atom stereocenters. The molecule has 28 heavy (non-hydrogen) atoms.